The minimum atomic E-state index is -0.333. The summed E-state index contributed by atoms with van der Waals surface area (Å²) in [5.74, 6) is 0.638. The predicted molar refractivity (Wildman–Crippen MR) is 77.6 cm³/mol. The monoisotopic (exact) mass is 274 g/mol. The van der Waals surface area contributed by atoms with Crippen molar-refractivity contribution in [2.75, 3.05) is 13.2 Å². The van der Waals surface area contributed by atoms with E-state index in [1.807, 2.05) is 0 Å². The zero-order valence-electron chi connectivity index (χ0n) is 13.2. The molecule has 0 aliphatic heterocycles. The lowest BCUT2D eigenvalue weighted by molar-refractivity contribution is -0.116. The van der Waals surface area contributed by atoms with Crippen LogP contribution in [-0.2, 0) is 14.3 Å². The number of carbonyl (C=O) groups excluding carboxylic acids is 2. The topological polar surface area (TPSA) is 81.4 Å². The van der Waals surface area contributed by atoms with E-state index in [-0.39, 0.29) is 11.5 Å². The van der Waals surface area contributed by atoms with Crippen LogP contribution in [-0.4, -0.2) is 31.1 Å². The van der Waals surface area contributed by atoms with Crippen molar-refractivity contribution in [3.8, 4) is 0 Å². The van der Waals surface area contributed by atoms with Crippen LogP contribution >= 0.6 is 0 Å². The molecule has 0 aromatic rings. The molecule has 5 nitrogen and oxygen atoms in total. The van der Waals surface area contributed by atoms with E-state index in [4.69, 9.17) is 4.74 Å². The number of carbonyl (C=O) groups is 2. The largest absolute Gasteiger partial charge is 0.376 e. The minimum absolute atomic E-state index is 0.0781. The quantitative estimate of drug-likeness (QED) is 0.693. The Morgan fingerprint density at radius 3 is 2.21 bits per heavy atom. The SMILES string of the molecule is CC(N)=O.CCC(COC(C)(C)C)C(C)CNC=O. The summed E-state index contributed by atoms with van der Waals surface area (Å²) in [5.41, 5.74) is 4.39. The number of nitrogens with two attached hydrogens (primary N) is 1. The van der Waals surface area contributed by atoms with Crippen LogP contribution in [0.15, 0.2) is 0 Å². The van der Waals surface area contributed by atoms with Crippen LogP contribution in [0.2, 0.25) is 0 Å². The molecule has 2 amide bonds. The van der Waals surface area contributed by atoms with E-state index in [0.29, 0.717) is 11.8 Å². The van der Waals surface area contributed by atoms with E-state index >= 15 is 0 Å². The highest BCUT2D eigenvalue weighted by Gasteiger charge is 2.19. The van der Waals surface area contributed by atoms with E-state index in [9.17, 15) is 9.59 Å². The van der Waals surface area contributed by atoms with E-state index in [1.54, 1.807) is 0 Å². The Kier molecular flexibility index (Phi) is 11.5. The second kappa shape index (κ2) is 10.8. The maximum Gasteiger partial charge on any atom is 0.214 e. The first-order valence-electron chi connectivity index (χ1n) is 6.71. The lowest BCUT2D eigenvalue weighted by atomic mass is 9.92. The molecule has 2 unspecified atom stereocenters. The predicted octanol–water partition coefficient (Wildman–Crippen LogP) is 1.70. The van der Waals surface area contributed by atoms with Crippen LogP contribution in [0.3, 0.4) is 0 Å². The average molecular weight is 274 g/mol. The molecule has 0 fully saturated rings. The fourth-order valence-electron chi connectivity index (χ4n) is 1.44. The van der Waals surface area contributed by atoms with Crippen LogP contribution in [0, 0.1) is 11.8 Å². The number of amides is 2. The number of rotatable bonds is 7. The normalized spacial score (nSPS) is 13.8. The van der Waals surface area contributed by atoms with Gasteiger partial charge >= 0.3 is 0 Å². The Balaban J connectivity index is 0. The average Bonchev–Trinajstić information content (AvgIpc) is 2.24. The van der Waals surface area contributed by atoms with Gasteiger partial charge in [0.1, 0.15) is 0 Å². The first-order chi connectivity index (χ1) is 8.64. The summed E-state index contributed by atoms with van der Waals surface area (Å²) in [4.78, 5) is 19.4. The van der Waals surface area contributed by atoms with Gasteiger partial charge in [-0.3, -0.25) is 9.59 Å². The molecule has 0 aromatic heterocycles. The standard InChI is InChI=1S/C12H25NO2.C2H5NO/c1-6-11(8-15-12(3,4)5)10(2)7-13-9-14;1-2(3)4/h9-11H,6-8H2,1-5H3,(H,13,14);1H3,(H2,3,4). The molecule has 0 bridgehead atoms. The van der Waals surface area contributed by atoms with Crippen molar-refractivity contribution in [3.63, 3.8) is 0 Å². The second-order valence-electron chi connectivity index (χ2n) is 5.71. The van der Waals surface area contributed by atoms with Gasteiger partial charge in [0.05, 0.1) is 12.2 Å². The first kappa shape index (κ1) is 20.2. The smallest absolute Gasteiger partial charge is 0.214 e. The summed E-state index contributed by atoms with van der Waals surface area (Å²) in [6.45, 7) is 13.3. The van der Waals surface area contributed by atoms with E-state index in [2.05, 4.69) is 45.7 Å². The van der Waals surface area contributed by atoms with Crippen LogP contribution in [0.25, 0.3) is 0 Å². The molecule has 19 heavy (non-hydrogen) atoms. The van der Waals surface area contributed by atoms with Gasteiger partial charge in [0.15, 0.2) is 0 Å². The summed E-state index contributed by atoms with van der Waals surface area (Å²) in [5, 5.41) is 2.72. The van der Waals surface area contributed by atoms with Crippen molar-refractivity contribution in [2.45, 2.75) is 53.6 Å². The maximum absolute atomic E-state index is 10.2. The molecule has 2 atom stereocenters. The Morgan fingerprint density at radius 1 is 1.42 bits per heavy atom. The zero-order valence-corrected chi connectivity index (χ0v) is 13.2. The molecular formula is C14H30N2O3. The molecule has 0 aromatic carbocycles. The van der Waals surface area contributed by atoms with Crippen molar-refractivity contribution in [1.29, 1.82) is 0 Å². The van der Waals surface area contributed by atoms with E-state index in [1.165, 1.54) is 6.92 Å². The maximum atomic E-state index is 10.2. The van der Waals surface area contributed by atoms with Crippen molar-refractivity contribution in [2.24, 2.45) is 17.6 Å². The Labute approximate surface area is 117 Å². The van der Waals surface area contributed by atoms with Gasteiger partial charge in [0.2, 0.25) is 12.3 Å². The van der Waals surface area contributed by atoms with Crippen molar-refractivity contribution in [1.82, 2.24) is 5.32 Å². The van der Waals surface area contributed by atoms with Gasteiger partial charge in [-0.05, 0) is 32.6 Å². The van der Waals surface area contributed by atoms with Crippen molar-refractivity contribution >= 4 is 12.3 Å². The van der Waals surface area contributed by atoms with Crippen LogP contribution in [0.1, 0.15) is 48.0 Å². The number of primary amides is 1. The van der Waals surface area contributed by atoms with Gasteiger partial charge in [0.25, 0.3) is 0 Å². The summed E-state index contributed by atoms with van der Waals surface area (Å²) in [7, 11) is 0. The summed E-state index contributed by atoms with van der Waals surface area (Å²) in [6.07, 6.45) is 1.84. The summed E-state index contributed by atoms with van der Waals surface area (Å²) >= 11 is 0. The highest BCUT2D eigenvalue weighted by atomic mass is 16.5. The summed E-state index contributed by atoms with van der Waals surface area (Å²) in [6, 6.07) is 0. The van der Waals surface area contributed by atoms with Gasteiger partial charge in [-0.2, -0.15) is 0 Å². The number of ether oxygens (including phenoxy) is 1. The Bertz CT molecular complexity index is 246. The van der Waals surface area contributed by atoms with Crippen LogP contribution < -0.4 is 11.1 Å². The molecule has 0 aliphatic carbocycles. The molecule has 0 heterocycles. The molecule has 0 spiro atoms. The third kappa shape index (κ3) is 16.9. The van der Waals surface area contributed by atoms with Gasteiger partial charge in [-0.25, -0.2) is 0 Å². The fourth-order valence-corrected chi connectivity index (χ4v) is 1.44. The van der Waals surface area contributed by atoms with Crippen LogP contribution in [0.4, 0.5) is 0 Å². The van der Waals surface area contributed by atoms with Crippen molar-refractivity contribution in [3.05, 3.63) is 0 Å². The molecule has 0 saturated carbocycles. The molecule has 114 valence electrons. The van der Waals surface area contributed by atoms with Gasteiger partial charge in [-0.15, -0.1) is 0 Å². The first-order valence-corrected chi connectivity index (χ1v) is 6.71. The van der Waals surface area contributed by atoms with E-state index < -0.39 is 0 Å². The third-order valence-corrected chi connectivity index (χ3v) is 2.58. The molecule has 0 aliphatic rings. The Morgan fingerprint density at radius 2 is 1.89 bits per heavy atom. The highest BCUT2D eigenvalue weighted by Crippen LogP contribution is 2.18. The zero-order chi connectivity index (χ0) is 15.5. The lowest BCUT2D eigenvalue weighted by Gasteiger charge is -2.27. The molecular weight excluding hydrogens is 244 g/mol. The molecule has 5 heteroatoms. The highest BCUT2D eigenvalue weighted by molar-refractivity contribution is 5.70. The van der Waals surface area contributed by atoms with E-state index in [0.717, 1.165) is 26.0 Å². The molecule has 0 rings (SSSR count). The van der Waals surface area contributed by atoms with Gasteiger partial charge in [-0.1, -0.05) is 20.3 Å². The number of hydrogen-bond donors (Lipinski definition) is 2. The minimum Gasteiger partial charge on any atom is -0.376 e. The van der Waals surface area contributed by atoms with Crippen molar-refractivity contribution < 1.29 is 14.3 Å². The van der Waals surface area contributed by atoms with Gasteiger partial charge < -0.3 is 15.8 Å². The lowest BCUT2D eigenvalue weighted by Crippen LogP contribution is -2.31. The molecule has 3 N–H and O–H groups in total. The molecule has 0 radical (unpaired) electrons. The molecule has 0 saturated heterocycles. The van der Waals surface area contributed by atoms with Gasteiger partial charge in [0, 0.05) is 13.5 Å². The number of hydrogen-bond acceptors (Lipinski definition) is 3. The summed E-state index contributed by atoms with van der Waals surface area (Å²) < 4.78 is 5.77. The fraction of sp³-hybridized carbons (Fsp3) is 0.857. The Hall–Kier alpha value is -1.10. The second-order valence-corrected chi connectivity index (χ2v) is 5.71. The third-order valence-electron chi connectivity index (χ3n) is 2.58. The number of nitrogens with one attached hydrogen (secondary N) is 1. The van der Waals surface area contributed by atoms with Crippen LogP contribution in [0.5, 0.6) is 0 Å².